The average Bonchev–Trinajstić information content (AvgIpc) is 2.78. The fraction of sp³-hybridized carbons (Fsp3) is 0.130. The topological polar surface area (TPSA) is 119 Å². The third-order valence-electron chi connectivity index (χ3n) is 4.81. The van der Waals surface area contributed by atoms with Gasteiger partial charge in [-0.3, -0.25) is 14.9 Å². The fourth-order valence-electron chi connectivity index (χ4n) is 3.11. The minimum Gasteiger partial charge on any atom is -0.497 e. The number of amides is 1. The minimum absolute atomic E-state index is 0.0445. The highest BCUT2D eigenvalue weighted by Gasteiger charge is 2.23. The van der Waals surface area contributed by atoms with Crippen molar-refractivity contribution in [3.8, 4) is 16.9 Å². The first-order valence-corrected chi connectivity index (χ1v) is 9.87. The number of rotatable bonds is 8. The van der Waals surface area contributed by atoms with E-state index < -0.39 is 22.8 Å². The second-order valence-electron chi connectivity index (χ2n) is 6.92. The van der Waals surface area contributed by atoms with E-state index in [0.29, 0.717) is 5.56 Å². The molecule has 0 saturated heterocycles. The van der Waals surface area contributed by atoms with Gasteiger partial charge in [0.2, 0.25) is 0 Å². The van der Waals surface area contributed by atoms with E-state index in [-0.39, 0.29) is 22.7 Å². The molecular weight excluding hydrogens is 436 g/mol. The summed E-state index contributed by atoms with van der Waals surface area (Å²) >= 11 is 5.97. The second kappa shape index (κ2) is 9.93. The number of ether oxygens (including phenoxy) is 1. The number of carbonyl (C=O) groups excluding carboxylic acids is 1. The van der Waals surface area contributed by atoms with Gasteiger partial charge in [-0.05, 0) is 34.9 Å². The number of methoxy groups -OCH3 is 1. The maximum absolute atomic E-state index is 12.5. The number of carboxylic acid groups (broad SMARTS) is 1. The van der Waals surface area contributed by atoms with Crippen molar-refractivity contribution >= 4 is 29.2 Å². The largest absolute Gasteiger partial charge is 0.497 e. The number of benzene rings is 3. The Balaban J connectivity index is 1.73. The van der Waals surface area contributed by atoms with Crippen molar-refractivity contribution in [2.24, 2.45) is 0 Å². The molecule has 0 spiro atoms. The van der Waals surface area contributed by atoms with E-state index in [1.54, 1.807) is 19.2 Å². The molecule has 1 amide bonds. The van der Waals surface area contributed by atoms with E-state index in [4.69, 9.17) is 16.3 Å². The minimum atomic E-state index is -1.21. The van der Waals surface area contributed by atoms with Crippen LogP contribution in [0, 0.1) is 10.1 Å². The molecule has 32 heavy (non-hydrogen) atoms. The summed E-state index contributed by atoms with van der Waals surface area (Å²) in [7, 11) is 1.59. The summed E-state index contributed by atoms with van der Waals surface area (Å²) in [6.07, 6.45) is 0.0457. The lowest BCUT2D eigenvalue weighted by atomic mass is 10.00. The zero-order valence-corrected chi connectivity index (χ0v) is 17.7. The van der Waals surface area contributed by atoms with E-state index >= 15 is 0 Å². The van der Waals surface area contributed by atoms with Gasteiger partial charge in [-0.15, -0.1) is 0 Å². The van der Waals surface area contributed by atoms with Gasteiger partial charge in [0, 0.05) is 18.6 Å². The smallest absolute Gasteiger partial charge is 0.326 e. The molecule has 0 aliphatic heterocycles. The van der Waals surface area contributed by atoms with E-state index in [0.717, 1.165) is 29.0 Å². The number of carbonyl (C=O) groups is 2. The number of aliphatic carboxylic acids is 1. The Labute approximate surface area is 188 Å². The summed E-state index contributed by atoms with van der Waals surface area (Å²) in [5, 5.41) is 22.7. The van der Waals surface area contributed by atoms with Crippen LogP contribution in [0.1, 0.15) is 15.9 Å². The molecule has 0 aliphatic rings. The first-order chi connectivity index (χ1) is 15.3. The third-order valence-corrected chi connectivity index (χ3v) is 5.12. The molecule has 3 aromatic carbocycles. The van der Waals surface area contributed by atoms with Crippen LogP contribution in [0.25, 0.3) is 11.1 Å². The number of nitrogens with zero attached hydrogens (tertiary/aromatic N) is 1. The average molecular weight is 455 g/mol. The maximum atomic E-state index is 12.5. The lowest BCUT2D eigenvalue weighted by molar-refractivity contribution is -0.384. The monoisotopic (exact) mass is 454 g/mol. The molecule has 1 atom stereocenters. The van der Waals surface area contributed by atoms with Crippen LogP contribution in [-0.2, 0) is 11.2 Å². The molecule has 2 N–H and O–H groups in total. The number of nitro groups is 1. The molecule has 0 unspecified atom stereocenters. The number of hydrogen-bond donors (Lipinski definition) is 2. The molecule has 0 aromatic heterocycles. The predicted octanol–water partition coefficient (Wildman–Crippen LogP) is 4.35. The number of nitro benzene ring substituents is 1. The molecule has 0 bridgehead atoms. The van der Waals surface area contributed by atoms with Gasteiger partial charge in [0.05, 0.1) is 22.6 Å². The van der Waals surface area contributed by atoms with Gasteiger partial charge in [-0.25, -0.2) is 4.79 Å². The Hall–Kier alpha value is -3.91. The van der Waals surface area contributed by atoms with Crippen molar-refractivity contribution in [1.29, 1.82) is 0 Å². The lowest BCUT2D eigenvalue weighted by Crippen LogP contribution is -2.42. The van der Waals surface area contributed by atoms with Crippen LogP contribution in [0.5, 0.6) is 5.75 Å². The molecular formula is C23H19ClN2O6. The van der Waals surface area contributed by atoms with Crippen LogP contribution in [-0.4, -0.2) is 35.1 Å². The first-order valence-electron chi connectivity index (χ1n) is 9.49. The zero-order chi connectivity index (χ0) is 23.3. The number of carboxylic acids is 1. The Bertz CT molecular complexity index is 1160. The molecule has 0 aliphatic carbocycles. The highest BCUT2D eigenvalue weighted by atomic mass is 35.5. The summed E-state index contributed by atoms with van der Waals surface area (Å²) in [4.78, 5) is 34.4. The van der Waals surface area contributed by atoms with Crippen molar-refractivity contribution in [2.75, 3.05) is 7.11 Å². The van der Waals surface area contributed by atoms with E-state index in [2.05, 4.69) is 5.32 Å². The SMILES string of the molecule is COc1cccc(-c2ccc(C[C@H](NC(=O)c3ccc([N+](=O)[O-])cc3Cl)C(=O)O)cc2)c1. The molecule has 0 heterocycles. The number of hydrogen-bond acceptors (Lipinski definition) is 5. The van der Waals surface area contributed by atoms with E-state index in [1.807, 2.05) is 36.4 Å². The van der Waals surface area contributed by atoms with Gasteiger partial charge in [-0.1, -0.05) is 48.0 Å². The first kappa shape index (κ1) is 22.8. The lowest BCUT2D eigenvalue weighted by Gasteiger charge is -2.15. The fourth-order valence-corrected chi connectivity index (χ4v) is 3.37. The van der Waals surface area contributed by atoms with Crippen molar-refractivity contribution in [2.45, 2.75) is 12.5 Å². The number of halogens is 1. The van der Waals surface area contributed by atoms with Crippen LogP contribution in [0.3, 0.4) is 0 Å². The van der Waals surface area contributed by atoms with Crippen molar-refractivity contribution in [3.63, 3.8) is 0 Å². The highest BCUT2D eigenvalue weighted by molar-refractivity contribution is 6.34. The van der Waals surface area contributed by atoms with E-state index in [1.165, 1.54) is 6.07 Å². The van der Waals surface area contributed by atoms with Gasteiger partial charge < -0.3 is 15.2 Å². The Kier molecular flexibility index (Phi) is 7.07. The zero-order valence-electron chi connectivity index (χ0n) is 16.9. The standard InChI is InChI=1S/C23H19ClN2O6/c1-32-18-4-2-3-16(12-18)15-7-5-14(6-8-15)11-21(23(28)29)25-22(27)19-10-9-17(26(30)31)13-20(19)24/h2-10,12-13,21H,11H2,1H3,(H,25,27)(H,28,29)/t21-/m0/s1. The van der Waals surface area contributed by atoms with Crippen LogP contribution < -0.4 is 10.1 Å². The quantitative estimate of drug-likeness (QED) is 0.386. The molecule has 8 nitrogen and oxygen atoms in total. The maximum Gasteiger partial charge on any atom is 0.326 e. The molecule has 0 fully saturated rings. The van der Waals surface area contributed by atoms with Gasteiger partial charge >= 0.3 is 5.97 Å². The van der Waals surface area contributed by atoms with Gasteiger partial charge in [0.1, 0.15) is 11.8 Å². The third kappa shape index (κ3) is 5.41. The Morgan fingerprint density at radius 1 is 1.09 bits per heavy atom. The predicted molar refractivity (Wildman–Crippen MR) is 119 cm³/mol. The van der Waals surface area contributed by atoms with Crippen LogP contribution >= 0.6 is 11.6 Å². The summed E-state index contributed by atoms with van der Waals surface area (Å²) < 4.78 is 5.23. The Morgan fingerprint density at radius 3 is 2.41 bits per heavy atom. The molecule has 164 valence electrons. The van der Waals surface area contributed by atoms with Gasteiger partial charge in [-0.2, -0.15) is 0 Å². The number of nitrogens with one attached hydrogen (secondary N) is 1. The summed E-state index contributed by atoms with van der Waals surface area (Å²) in [6, 6.07) is 17.0. The van der Waals surface area contributed by atoms with Crippen LogP contribution in [0.4, 0.5) is 5.69 Å². The normalized spacial score (nSPS) is 11.4. The summed E-state index contributed by atoms with van der Waals surface area (Å²) in [5.74, 6) is -1.22. The van der Waals surface area contributed by atoms with Crippen molar-refractivity contribution in [1.82, 2.24) is 5.32 Å². The van der Waals surface area contributed by atoms with E-state index in [9.17, 15) is 24.8 Å². The van der Waals surface area contributed by atoms with Crippen LogP contribution in [0.15, 0.2) is 66.7 Å². The van der Waals surface area contributed by atoms with Gasteiger partial charge in [0.15, 0.2) is 0 Å². The van der Waals surface area contributed by atoms with Crippen molar-refractivity contribution in [3.05, 3.63) is 93.0 Å². The molecule has 3 rings (SSSR count). The number of non-ortho nitro benzene ring substituents is 1. The summed E-state index contributed by atoms with van der Waals surface area (Å²) in [5.41, 5.74) is 2.28. The summed E-state index contributed by atoms with van der Waals surface area (Å²) in [6.45, 7) is 0. The molecule has 0 radical (unpaired) electrons. The molecule has 3 aromatic rings. The highest BCUT2D eigenvalue weighted by Crippen LogP contribution is 2.25. The van der Waals surface area contributed by atoms with Crippen LogP contribution in [0.2, 0.25) is 5.02 Å². The molecule has 9 heteroatoms. The Morgan fingerprint density at radius 2 is 1.81 bits per heavy atom. The van der Waals surface area contributed by atoms with Crippen molar-refractivity contribution < 1.29 is 24.4 Å². The molecule has 0 saturated carbocycles. The van der Waals surface area contributed by atoms with Gasteiger partial charge in [0.25, 0.3) is 11.6 Å². The second-order valence-corrected chi connectivity index (χ2v) is 7.33.